The van der Waals surface area contributed by atoms with Gasteiger partial charge < -0.3 is 15.4 Å². The minimum absolute atomic E-state index is 0.400. The van der Waals surface area contributed by atoms with E-state index in [1.165, 1.54) is 15.6 Å². The Hall–Kier alpha value is -2.10. The van der Waals surface area contributed by atoms with E-state index in [2.05, 4.69) is 15.6 Å². The summed E-state index contributed by atoms with van der Waals surface area (Å²) in [5, 5.41) is 6.44. The van der Waals surface area contributed by atoms with E-state index < -0.39 is 10.0 Å². The molecule has 0 bridgehead atoms. The Bertz CT molecular complexity index is 863. The van der Waals surface area contributed by atoms with Crippen molar-refractivity contribution in [3.8, 4) is 5.75 Å². The molecule has 9 heteroatoms. The van der Waals surface area contributed by atoms with Crippen LogP contribution in [0.3, 0.4) is 0 Å². The lowest BCUT2D eigenvalue weighted by Gasteiger charge is -2.16. The van der Waals surface area contributed by atoms with Crippen molar-refractivity contribution < 1.29 is 13.2 Å². The van der Waals surface area contributed by atoms with Gasteiger partial charge >= 0.3 is 0 Å². The molecule has 1 heterocycles. The first-order chi connectivity index (χ1) is 14.0. The van der Waals surface area contributed by atoms with Gasteiger partial charge in [0.25, 0.3) is 10.0 Å². The highest BCUT2D eigenvalue weighted by atomic mass is 32.2. The average molecular weight is 439 g/mol. The molecular weight excluding hydrogens is 408 g/mol. The van der Waals surface area contributed by atoms with Gasteiger partial charge in [-0.05, 0) is 30.7 Å². The number of nitrogens with zero attached hydrogens (tertiary/aromatic N) is 2. The number of aliphatic imine (C=N–C) groups is 1. The van der Waals surface area contributed by atoms with Crippen LogP contribution in [0.2, 0.25) is 0 Å². The van der Waals surface area contributed by atoms with E-state index in [1.54, 1.807) is 13.1 Å². The molecule has 2 rings (SSSR count). The average Bonchev–Trinajstić information content (AvgIpc) is 3.21. The summed E-state index contributed by atoms with van der Waals surface area (Å²) < 4.78 is 32.6. The molecule has 7 nitrogen and oxygen atoms in total. The van der Waals surface area contributed by atoms with Crippen molar-refractivity contribution in [2.45, 2.75) is 24.5 Å². The second kappa shape index (κ2) is 11.8. The molecule has 1 aromatic carbocycles. The van der Waals surface area contributed by atoms with Crippen LogP contribution >= 0.6 is 11.3 Å². The van der Waals surface area contributed by atoms with Gasteiger partial charge in [-0.2, -0.15) is 4.31 Å². The highest BCUT2D eigenvalue weighted by molar-refractivity contribution is 7.91. The first kappa shape index (κ1) is 23.2. The first-order valence-corrected chi connectivity index (χ1v) is 12.0. The van der Waals surface area contributed by atoms with E-state index in [0.717, 1.165) is 17.0 Å². The number of guanidine groups is 1. The third kappa shape index (κ3) is 7.02. The Morgan fingerprint density at radius 1 is 1.07 bits per heavy atom. The summed E-state index contributed by atoms with van der Waals surface area (Å²) in [4.78, 5) is 5.21. The fourth-order valence-electron chi connectivity index (χ4n) is 2.70. The molecule has 2 N–H and O–H groups in total. The quantitative estimate of drug-likeness (QED) is 0.320. The highest BCUT2D eigenvalue weighted by Crippen LogP contribution is 2.25. The zero-order valence-electron chi connectivity index (χ0n) is 17.2. The normalized spacial score (nSPS) is 12.2. The van der Waals surface area contributed by atoms with Crippen molar-refractivity contribution >= 4 is 27.3 Å². The number of benzene rings is 1. The van der Waals surface area contributed by atoms with Crippen molar-refractivity contribution in [1.29, 1.82) is 0 Å². The van der Waals surface area contributed by atoms with Gasteiger partial charge in [0.1, 0.15) is 16.6 Å². The molecule has 0 fully saturated rings. The number of para-hydroxylation sites is 1. The van der Waals surface area contributed by atoms with Crippen molar-refractivity contribution in [1.82, 2.24) is 14.9 Å². The number of hydrogen-bond acceptors (Lipinski definition) is 5. The SMILES string of the molecule is CCN(CC)S(=O)(=O)c1ccc(CCNC(=NC)NCCOc2ccccc2)s1. The maximum absolute atomic E-state index is 12.6. The molecule has 0 aliphatic carbocycles. The van der Waals surface area contributed by atoms with Crippen molar-refractivity contribution in [3.05, 3.63) is 47.3 Å². The van der Waals surface area contributed by atoms with Crippen LogP contribution in [0.4, 0.5) is 0 Å². The summed E-state index contributed by atoms with van der Waals surface area (Å²) in [6, 6.07) is 13.2. The third-order valence-electron chi connectivity index (χ3n) is 4.23. The topological polar surface area (TPSA) is 83.0 Å². The second-order valence-electron chi connectivity index (χ2n) is 6.15. The summed E-state index contributed by atoms with van der Waals surface area (Å²) in [5.74, 6) is 1.53. The lowest BCUT2D eigenvalue weighted by Crippen LogP contribution is -2.40. The van der Waals surface area contributed by atoms with Crippen LogP contribution in [0.15, 0.2) is 51.7 Å². The van der Waals surface area contributed by atoms with Gasteiger partial charge in [-0.1, -0.05) is 32.0 Å². The van der Waals surface area contributed by atoms with Crippen molar-refractivity contribution in [2.75, 3.05) is 39.8 Å². The molecule has 0 radical (unpaired) electrons. The molecule has 0 saturated heterocycles. The molecule has 2 aromatic rings. The summed E-state index contributed by atoms with van der Waals surface area (Å²) in [6.07, 6.45) is 0.722. The highest BCUT2D eigenvalue weighted by Gasteiger charge is 2.23. The minimum Gasteiger partial charge on any atom is -0.492 e. The molecule has 0 amide bonds. The molecule has 0 atom stereocenters. The lowest BCUT2D eigenvalue weighted by molar-refractivity contribution is 0.322. The summed E-state index contributed by atoms with van der Waals surface area (Å²) in [5.41, 5.74) is 0. The first-order valence-electron chi connectivity index (χ1n) is 9.72. The van der Waals surface area contributed by atoms with E-state index in [1.807, 2.05) is 50.2 Å². The number of ether oxygens (including phenoxy) is 1. The largest absolute Gasteiger partial charge is 0.492 e. The van der Waals surface area contributed by atoms with Gasteiger partial charge in [0, 0.05) is 31.6 Å². The fraction of sp³-hybridized carbons (Fsp3) is 0.450. The Morgan fingerprint density at radius 3 is 2.41 bits per heavy atom. The van der Waals surface area contributed by atoms with Crippen molar-refractivity contribution in [2.24, 2.45) is 4.99 Å². The van der Waals surface area contributed by atoms with Crippen LogP contribution in [0.25, 0.3) is 0 Å². The van der Waals surface area contributed by atoms with E-state index in [0.29, 0.717) is 43.0 Å². The van der Waals surface area contributed by atoms with Gasteiger partial charge in [0.15, 0.2) is 5.96 Å². The molecule has 160 valence electrons. The Kier molecular flexibility index (Phi) is 9.43. The van der Waals surface area contributed by atoms with E-state index >= 15 is 0 Å². The number of nitrogens with one attached hydrogen (secondary N) is 2. The van der Waals surface area contributed by atoms with Crippen LogP contribution in [0.5, 0.6) is 5.75 Å². The van der Waals surface area contributed by atoms with Crippen molar-refractivity contribution in [3.63, 3.8) is 0 Å². The predicted octanol–water partition coefficient (Wildman–Crippen LogP) is 2.57. The van der Waals surface area contributed by atoms with Crippen LogP contribution < -0.4 is 15.4 Å². The van der Waals surface area contributed by atoms with Gasteiger partial charge in [0.05, 0.1) is 6.54 Å². The van der Waals surface area contributed by atoms with Crippen LogP contribution in [0, 0.1) is 0 Å². The Balaban J connectivity index is 1.75. The Labute approximate surface area is 177 Å². The van der Waals surface area contributed by atoms with Crippen LogP contribution in [-0.4, -0.2) is 58.5 Å². The zero-order chi connectivity index (χ0) is 21.1. The van der Waals surface area contributed by atoms with Crippen LogP contribution in [-0.2, 0) is 16.4 Å². The van der Waals surface area contributed by atoms with Gasteiger partial charge in [-0.15, -0.1) is 11.3 Å². The lowest BCUT2D eigenvalue weighted by atomic mass is 10.3. The number of hydrogen-bond donors (Lipinski definition) is 2. The molecule has 0 spiro atoms. The van der Waals surface area contributed by atoms with E-state index in [4.69, 9.17) is 4.74 Å². The van der Waals surface area contributed by atoms with Gasteiger partial charge in [0.2, 0.25) is 0 Å². The standard InChI is InChI=1S/C20H30N4O3S2/c1-4-24(5-2)29(25,26)19-12-11-18(28-19)13-14-22-20(21-3)23-15-16-27-17-9-7-6-8-10-17/h6-12H,4-5,13-16H2,1-3H3,(H2,21,22,23). The molecule has 0 unspecified atom stereocenters. The summed E-state index contributed by atoms with van der Waals surface area (Å²) in [6.45, 7) is 6.46. The smallest absolute Gasteiger partial charge is 0.252 e. The third-order valence-corrected chi connectivity index (χ3v) is 7.89. The van der Waals surface area contributed by atoms with Gasteiger partial charge in [-0.25, -0.2) is 8.42 Å². The monoisotopic (exact) mass is 438 g/mol. The maximum atomic E-state index is 12.6. The van der Waals surface area contributed by atoms with Gasteiger partial charge in [-0.3, -0.25) is 4.99 Å². The molecule has 1 aromatic heterocycles. The molecule has 0 aliphatic rings. The summed E-state index contributed by atoms with van der Waals surface area (Å²) >= 11 is 1.33. The summed E-state index contributed by atoms with van der Waals surface area (Å²) in [7, 11) is -1.67. The predicted molar refractivity (Wildman–Crippen MR) is 119 cm³/mol. The van der Waals surface area contributed by atoms with E-state index in [9.17, 15) is 8.42 Å². The molecule has 29 heavy (non-hydrogen) atoms. The zero-order valence-corrected chi connectivity index (χ0v) is 18.9. The maximum Gasteiger partial charge on any atom is 0.252 e. The molecule has 0 saturated carbocycles. The second-order valence-corrected chi connectivity index (χ2v) is 9.48. The van der Waals surface area contributed by atoms with E-state index in [-0.39, 0.29) is 0 Å². The fourth-order valence-corrected chi connectivity index (χ4v) is 5.67. The van der Waals surface area contributed by atoms with Crippen LogP contribution in [0.1, 0.15) is 18.7 Å². The molecule has 0 aliphatic heterocycles. The molecular formula is C20H30N4O3S2. The number of thiophene rings is 1. The number of rotatable bonds is 11. The number of sulfonamides is 1. The Morgan fingerprint density at radius 2 is 1.76 bits per heavy atom. The minimum atomic E-state index is -3.38.